The lowest BCUT2D eigenvalue weighted by Gasteiger charge is -2.31. The molecule has 3 rings (SSSR count). The highest BCUT2D eigenvalue weighted by atomic mass is 15.2. The Kier molecular flexibility index (Phi) is 4.70. The molecule has 0 aromatic carbocycles. The molecule has 2 heterocycles. The maximum absolute atomic E-state index is 4.57. The maximum Gasteiger partial charge on any atom is 0.146 e. The fourth-order valence-electron chi connectivity index (χ4n) is 2.90. The fraction of sp³-hybridized carbons (Fsp3) is 0.750. The van der Waals surface area contributed by atoms with E-state index in [0.717, 1.165) is 36.6 Å². The number of rotatable bonds is 6. The van der Waals surface area contributed by atoms with Gasteiger partial charge < -0.3 is 15.1 Å². The normalized spacial score (nSPS) is 20.7. The third-order valence-corrected chi connectivity index (χ3v) is 4.60. The first-order chi connectivity index (χ1) is 10.2. The van der Waals surface area contributed by atoms with Gasteiger partial charge in [-0.1, -0.05) is 0 Å². The topological polar surface area (TPSA) is 44.3 Å². The molecule has 1 aromatic heterocycles. The molecule has 0 unspecified atom stereocenters. The van der Waals surface area contributed by atoms with Gasteiger partial charge in [-0.15, -0.1) is 0 Å². The van der Waals surface area contributed by atoms with Crippen LogP contribution in [0.15, 0.2) is 12.4 Å². The zero-order valence-corrected chi connectivity index (χ0v) is 13.3. The van der Waals surface area contributed by atoms with Crippen molar-refractivity contribution in [2.24, 2.45) is 5.92 Å². The van der Waals surface area contributed by atoms with Gasteiger partial charge in [0.2, 0.25) is 0 Å². The summed E-state index contributed by atoms with van der Waals surface area (Å²) >= 11 is 0. The van der Waals surface area contributed by atoms with E-state index in [-0.39, 0.29) is 0 Å². The number of aromatic nitrogens is 2. The Morgan fingerprint density at radius 1 is 1.19 bits per heavy atom. The first-order valence-electron chi connectivity index (χ1n) is 8.14. The van der Waals surface area contributed by atoms with Crippen LogP contribution in [-0.4, -0.2) is 54.6 Å². The van der Waals surface area contributed by atoms with Crippen molar-refractivity contribution >= 4 is 5.82 Å². The highest BCUT2D eigenvalue weighted by molar-refractivity contribution is 5.34. The van der Waals surface area contributed by atoms with Crippen LogP contribution < -0.4 is 10.2 Å². The summed E-state index contributed by atoms with van der Waals surface area (Å²) in [5.41, 5.74) is 1.04. The van der Waals surface area contributed by atoms with Gasteiger partial charge in [-0.2, -0.15) is 0 Å². The van der Waals surface area contributed by atoms with Crippen molar-refractivity contribution in [1.29, 1.82) is 0 Å². The number of nitrogens with zero attached hydrogens (tertiary/aromatic N) is 4. The molecule has 0 amide bonds. The third-order valence-electron chi connectivity index (χ3n) is 4.60. The van der Waals surface area contributed by atoms with Gasteiger partial charge in [0.05, 0.1) is 18.1 Å². The van der Waals surface area contributed by atoms with Crippen LogP contribution >= 0.6 is 0 Å². The monoisotopic (exact) mass is 289 g/mol. The standard InChI is InChI=1S/C16H27N5/c1-20-7-5-13(6-8-20)12-21(2)16-11-18-15(10-19-16)9-17-14-3-4-14/h10-11,13-14,17H,3-9,12H2,1-2H3. The van der Waals surface area contributed by atoms with Gasteiger partial charge in [0.25, 0.3) is 0 Å². The summed E-state index contributed by atoms with van der Waals surface area (Å²) in [6, 6.07) is 0.721. The minimum Gasteiger partial charge on any atom is -0.358 e. The van der Waals surface area contributed by atoms with Crippen LogP contribution in [0, 0.1) is 5.92 Å². The van der Waals surface area contributed by atoms with Crippen molar-refractivity contribution in [3.05, 3.63) is 18.1 Å². The molecule has 2 aliphatic rings. The number of likely N-dealkylation sites (tertiary alicyclic amines) is 1. The van der Waals surface area contributed by atoms with Crippen LogP contribution in [0.1, 0.15) is 31.4 Å². The van der Waals surface area contributed by atoms with Gasteiger partial charge in [-0.25, -0.2) is 4.98 Å². The molecule has 0 radical (unpaired) electrons. The SMILES string of the molecule is CN1CCC(CN(C)c2cnc(CNC3CC3)cn2)CC1. The molecule has 2 fully saturated rings. The van der Waals surface area contributed by atoms with E-state index < -0.39 is 0 Å². The van der Waals surface area contributed by atoms with Gasteiger partial charge in [-0.05, 0) is 51.7 Å². The lowest BCUT2D eigenvalue weighted by atomic mass is 9.97. The average Bonchev–Trinajstić information content (AvgIpc) is 3.32. The molecule has 5 nitrogen and oxygen atoms in total. The number of anilines is 1. The molecule has 1 saturated heterocycles. The van der Waals surface area contributed by atoms with Crippen molar-refractivity contribution in [1.82, 2.24) is 20.2 Å². The van der Waals surface area contributed by atoms with Gasteiger partial charge in [0.1, 0.15) is 5.82 Å². The lowest BCUT2D eigenvalue weighted by molar-refractivity contribution is 0.222. The van der Waals surface area contributed by atoms with Crippen molar-refractivity contribution in [2.75, 3.05) is 38.6 Å². The van der Waals surface area contributed by atoms with Crippen LogP contribution in [-0.2, 0) is 6.54 Å². The summed E-state index contributed by atoms with van der Waals surface area (Å²) in [5, 5.41) is 3.47. The summed E-state index contributed by atoms with van der Waals surface area (Å²) in [4.78, 5) is 13.8. The molecule has 116 valence electrons. The summed E-state index contributed by atoms with van der Waals surface area (Å²) in [5.74, 6) is 1.77. The van der Waals surface area contributed by atoms with Crippen molar-refractivity contribution < 1.29 is 0 Å². The predicted octanol–water partition coefficient (Wildman–Crippen LogP) is 1.51. The van der Waals surface area contributed by atoms with E-state index in [1.165, 1.54) is 38.8 Å². The van der Waals surface area contributed by atoms with Gasteiger partial charge >= 0.3 is 0 Å². The number of nitrogens with one attached hydrogen (secondary N) is 1. The van der Waals surface area contributed by atoms with Crippen LogP contribution in [0.3, 0.4) is 0 Å². The maximum atomic E-state index is 4.57. The second-order valence-corrected chi connectivity index (χ2v) is 6.65. The Morgan fingerprint density at radius 3 is 2.57 bits per heavy atom. The van der Waals surface area contributed by atoms with E-state index >= 15 is 0 Å². The van der Waals surface area contributed by atoms with Crippen molar-refractivity contribution in [2.45, 2.75) is 38.3 Å². The van der Waals surface area contributed by atoms with Crippen LogP contribution in [0.25, 0.3) is 0 Å². The molecule has 1 aliphatic carbocycles. The van der Waals surface area contributed by atoms with E-state index in [2.05, 4.69) is 39.2 Å². The first-order valence-corrected chi connectivity index (χ1v) is 8.14. The molecule has 1 aromatic rings. The highest BCUT2D eigenvalue weighted by Gasteiger charge is 2.21. The predicted molar refractivity (Wildman–Crippen MR) is 85.4 cm³/mol. The molecular formula is C16H27N5. The zero-order valence-electron chi connectivity index (χ0n) is 13.3. The second kappa shape index (κ2) is 6.71. The average molecular weight is 289 g/mol. The molecule has 21 heavy (non-hydrogen) atoms. The van der Waals surface area contributed by atoms with Gasteiger partial charge in [0.15, 0.2) is 0 Å². The van der Waals surface area contributed by atoms with E-state index in [1.54, 1.807) is 0 Å². The Balaban J connectivity index is 1.48. The second-order valence-electron chi connectivity index (χ2n) is 6.65. The molecular weight excluding hydrogens is 262 g/mol. The van der Waals surface area contributed by atoms with E-state index in [1.807, 2.05) is 12.4 Å². The quantitative estimate of drug-likeness (QED) is 0.860. The summed E-state index contributed by atoms with van der Waals surface area (Å²) in [6.45, 7) is 4.37. The Labute approximate surface area is 127 Å². The Hall–Kier alpha value is -1.20. The third kappa shape index (κ3) is 4.38. The zero-order chi connectivity index (χ0) is 14.7. The molecule has 5 heteroatoms. The van der Waals surface area contributed by atoms with Crippen molar-refractivity contribution in [3.63, 3.8) is 0 Å². The van der Waals surface area contributed by atoms with Crippen LogP contribution in [0.4, 0.5) is 5.82 Å². The minimum atomic E-state index is 0.721. The summed E-state index contributed by atoms with van der Waals surface area (Å²) in [7, 11) is 4.34. The molecule has 1 saturated carbocycles. The van der Waals surface area contributed by atoms with Gasteiger partial charge in [-0.3, -0.25) is 4.98 Å². The van der Waals surface area contributed by atoms with Crippen LogP contribution in [0.2, 0.25) is 0 Å². The summed E-state index contributed by atoms with van der Waals surface area (Å²) in [6.07, 6.45) is 9.03. The molecule has 1 aliphatic heterocycles. The number of hydrogen-bond acceptors (Lipinski definition) is 5. The number of piperidine rings is 1. The van der Waals surface area contributed by atoms with Crippen LogP contribution in [0.5, 0.6) is 0 Å². The van der Waals surface area contributed by atoms with E-state index in [0.29, 0.717) is 0 Å². The van der Waals surface area contributed by atoms with Gasteiger partial charge in [0, 0.05) is 26.2 Å². The number of hydrogen-bond donors (Lipinski definition) is 1. The first kappa shape index (κ1) is 14.7. The molecule has 0 bridgehead atoms. The largest absolute Gasteiger partial charge is 0.358 e. The fourth-order valence-corrected chi connectivity index (χ4v) is 2.90. The Morgan fingerprint density at radius 2 is 1.95 bits per heavy atom. The molecule has 0 atom stereocenters. The van der Waals surface area contributed by atoms with Crippen molar-refractivity contribution in [3.8, 4) is 0 Å². The smallest absolute Gasteiger partial charge is 0.146 e. The highest BCUT2D eigenvalue weighted by Crippen LogP contribution is 2.20. The van der Waals surface area contributed by atoms with E-state index in [4.69, 9.17) is 0 Å². The van der Waals surface area contributed by atoms with E-state index in [9.17, 15) is 0 Å². The summed E-state index contributed by atoms with van der Waals surface area (Å²) < 4.78 is 0. The Bertz CT molecular complexity index is 434. The lowest BCUT2D eigenvalue weighted by Crippen LogP contribution is -2.36. The molecule has 1 N–H and O–H groups in total. The minimum absolute atomic E-state index is 0.721. The molecule has 0 spiro atoms.